The van der Waals surface area contributed by atoms with Gasteiger partial charge in [-0.1, -0.05) is 12.2 Å². The first kappa shape index (κ1) is 11.2. The Morgan fingerprint density at radius 1 is 1.50 bits per heavy atom. The number of aromatic nitrogens is 2. The molecule has 16 heavy (non-hydrogen) atoms. The molecule has 0 radical (unpaired) electrons. The molecule has 0 bridgehead atoms. The van der Waals surface area contributed by atoms with Gasteiger partial charge in [-0.05, 0) is 25.9 Å². The van der Waals surface area contributed by atoms with Gasteiger partial charge in [0, 0.05) is 12.7 Å². The van der Waals surface area contributed by atoms with Crippen molar-refractivity contribution in [3.8, 4) is 0 Å². The third-order valence-corrected chi connectivity index (χ3v) is 2.85. The van der Waals surface area contributed by atoms with Gasteiger partial charge in [-0.2, -0.15) is 0 Å². The lowest BCUT2D eigenvalue weighted by atomic mass is 10.1. The van der Waals surface area contributed by atoms with E-state index in [1.807, 2.05) is 27.8 Å². The molecule has 0 aromatic carbocycles. The van der Waals surface area contributed by atoms with Gasteiger partial charge < -0.3 is 14.7 Å². The highest BCUT2D eigenvalue weighted by molar-refractivity contribution is 7.71. The standard InChI is InChI=1S/C10H15N3O2S/c1-6-7(9(16)13(4)11-6)8-12-14-5-10(2,3)15-8/h11H,5H2,1-4H3. The van der Waals surface area contributed by atoms with E-state index in [4.69, 9.17) is 21.8 Å². The number of aryl methyl sites for hydroxylation is 2. The fourth-order valence-electron chi connectivity index (χ4n) is 1.59. The summed E-state index contributed by atoms with van der Waals surface area (Å²) < 4.78 is 8.18. The van der Waals surface area contributed by atoms with Gasteiger partial charge in [0.1, 0.15) is 10.2 Å². The highest BCUT2D eigenvalue weighted by Crippen LogP contribution is 2.21. The Balaban J connectivity index is 2.46. The third kappa shape index (κ3) is 1.84. The molecule has 0 spiro atoms. The summed E-state index contributed by atoms with van der Waals surface area (Å²) in [5.74, 6) is 0.454. The fourth-order valence-corrected chi connectivity index (χ4v) is 1.88. The molecule has 0 aliphatic carbocycles. The molecule has 0 fully saturated rings. The van der Waals surface area contributed by atoms with E-state index in [2.05, 4.69) is 10.3 Å². The predicted molar refractivity (Wildman–Crippen MR) is 63.0 cm³/mol. The molecule has 1 aromatic rings. The van der Waals surface area contributed by atoms with Gasteiger partial charge in [0.25, 0.3) is 5.90 Å². The number of rotatable bonds is 1. The fraction of sp³-hybridized carbons (Fsp3) is 0.600. The Bertz CT molecular complexity index is 499. The van der Waals surface area contributed by atoms with Crippen LogP contribution in [0.5, 0.6) is 0 Å². The number of hydrogen-bond acceptors (Lipinski definition) is 4. The number of nitrogens with zero attached hydrogens (tertiary/aromatic N) is 2. The smallest absolute Gasteiger partial charge is 0.263 e. The Hall–Kier alpha value is -1.30. The second-order valence-corrected chi connectivity index (χ2v) is 4.89. The van der Waals surface area contributed by atoms with Gasteiger partial charge in [0.05, 0.1) is 5.56 Å². The summed E-state index contributed by atoms with van der Waals surface area (Å²) in [6.45, 7) is 6.27. The molecule has 0 saturated heterocycles. The van der Waals surface area contributed by atoms with E-state index in [9.17, 15) is 0 Å². The van der Waals surface area contributed by atoms with Crippen LogP contribution in [0.2, 0.25) is 0 Å². The molecule has 1 aliphatic rings. The van der Waals surface area contributed by atoms with E-state index in [0.29, 0.717) is 17.1 Å². The molecule has 0 atom stereocenters. The zero-order chi connectivity index (χ0) is 11.9. The molecule has 0 saturated carbocycles. The minimum Gasteiger partial charge on any atom is -0.465 e. The SMILES string of the molecule is Cc1[nH]n(C)c(=S)c1C1=NOCC(C)(C)O1. The van der Waals surface area contributed by atoms with Crippen LogP contribution in [0.25, 0.3) is 0 Å². The first-order valence-electron chi connectivity index (χ1n) is 5.06. The average Bonchev–Trinajstić information content (AvgIpc) is 2.39. The summed E-state index contributed by atoms with van der Waals surface area (Å²) in [5, 5.41) is 7.02. The van der Waals surface area contributed by atoms with Gasteiger partial charge in [0.15, 0.2) is 6.61 Å². The van der Waals surface area contributed by atoms with Crippen LogP contribution in [0, 0.1) is 11.6 Å². The summed E-state index contributed by atoms with van der Waals surface area (Å²) in [7, 11) is 1.86. The Morgan fingerprint density at radius 3 is 2.69 bits per heavy atom. The highest BCUT2D eigenvalue weighted by atomic mass is 32.1. The second kappa shape index (κ2) is 3.62. The summed E-state index contributed by atoms with van der Waals surface area (Å²) in [6.07, 6.45) is 0. The molecular weight excluding hydrogens is 226 g/mol. The lowest BCUT2D eigenvalue weighted by molar-refractivity contribution is -0.0427. The van der Waals surface area contributed by atoms with Crippen LogP contribution in [-0.4, -0.2) is 27.9 Å². The largest absolute Gasteiger partial charge is 0.465 e. The van der Waals surface area contributed by atoms with E-state index in [1.54, 1.807) is 4.68 Å². The quantitative estimate of drug-likeness (QED) is 0.764. The number of H-pyrrole nitrogens is 1. The maximum absolute atomic E-state index is 5.76. The van der Waals surface area contributed by atoms with Crippen molar-refractivity contribution >= 4 is 18.1 Å². The van der Waals surface area contributed by atoms with Crippen LogP contribution in [0.3, 0.4) is 0 Å². The van der Waals surface area contributed by atoms with E-state index in [1.165, 1.54) is 0 Å². The lowest BCUT2D eigenvalue weighted by Gasteiger charge is -2.28. The monoisotopic (exact) mass is 241 g/mol. The number of ether oxygens (including phenoxy) is 1. The maximum Gasteiger partial charge on any atom is 0.263 e. The number of aromatic amines is 1. The van der Waals surface area contributed by atoms with E-state index >= 15 is 0 Å². The van der Waals surface area contributed by atoms with Gasteiger partial charge in [-0.15, -0.1) is 0 Å². The summed E-state index contributed by atoms with van der Waals surface area (Å²) in [4.78, 5) is 5.16. The van der Waals surface area contributed by atoms with Crippen molar-refractivity contribution in [3.05, 3.63) is 15.9 Å². The molecule has 1 aromatic heterocycles. The van der Waals surface area contributed by atoms with Crippen LogP contribution in [0.1, 0.15) is 25.1 Å². The van der Waals surface area contributed by atoms with Crippen LogP contribution < -0.4 is 0 Å². The molecular formula is C10H15N3O2S. The Morgan fingerprint density at radius 2 is 2.19 bits per heavy atom. The Kier molecular flexibility index (Phi) is 2.53. The van der Waals surface area contributed by atoms with Crippen molar-refractivity contribution in [1.82, 2.24) is 9.78 Å². The zero-order valence-corrected chi connectivity index (χ0v) is 10.6. The third-order valence-electron chi connectivity index (χ3n) is 2.38. The highest BCUT2D eigenvalue weighted by Gasteiger charge is 2.30. The molecule has 88 valence electrons. The minimum atomic E-state index is -0.374. The topological polar surface area (TPSA) is 51.5 Å². The summed E-state index contributed by atoms with van der Waals surface area (Å²) >= 11 is 5.29. The molecule has 6 heteroatoms. The second-order valence-electron chi connectivity index (χ2n) is 4.51. The van der Waals surface area contributed by atoms with Crippen LogP contribution >= 0.6 is 12.2 Å². The van der Waals surface area contributed by atoms with Crippen LogP contribution in [0.15, 0.2) is 5.16 Å². The van der Waals surface area contributed by atoms with Gasteiger partial charge in [-0.3, -0.25) is 4.68 Å². The Labute approximate surface area is 99.0 Å². The molecule has 1 N–H and O–H groups in total. The normalized spacial score (nSPS) is 18.6. The maximum atomic E-state index is 5.76. The number of oxime groups is 1. The zero-order valence-electron chi connectivity index (χ0n) is 9.83. The van der Waals surface area contributed by atoms with Crippen LogP contribution in [-0.2, 0) is 16.6 Å². The van der Waals surface area contributed by atoms with Crippen LogP contribution in [0.4, 0.5) is 0 Å². The number of hydrogen-bond donors (Lipinski definition) is 1. The lowest BCUT2D eigenvalue weighted by Crippen LogP contribution is -2.37. The van der Waals surface area contributed by atoms with Crippen molar-refractivity contribution in [2.75, 3.05) is 6.61 Å². The van der Waals surface area contributed by atoms with E-state index in [0.717, 1.165) is 11.3 Å². The molecule has 1 aliphatic heterocycles. The minimum absolute atomic E-state index is 0.374. The molecule has 2 heterocycles. The summed E-state index contributed by atoms with van der Waals surface area (Å²) in [5.41, 5.74) is 1.35. The molecule has 0 unspecified atom stereocenters. The van der Waals surface area contributed by atoms with Gasteiger partial charge in [-0.25, -0.2) is 0 Å². The number of nitrogens with one attached hydrogen (secondary N) is 1. The van der Waals surface area contributed by atoms with Crippen molar-refractivity contribution in [2.45, 2.75) is 26.4 Å². The van der Waals surface area contributed by atoms with Crippen molar-refractivity contribution in [3.63, 3.8) is 0 Å². The van der Waals surface area contributed by atoms with Crippen molar-refractivity contribution in [1.29, 1.82) is 0 Å². The van der Waals surface area contributed by atoms with Crippen molar-refractivity contribution < 1.29 is 9.57 Å². The van der Waals surface area contributed by atoms with E-state index in [-0.39, 0.29) is 5.60 Å². The predicted octanol–water partition coefficient (Wildman–Crippen LogP) is 1.88. The van der Waals surface area contributed by atoms with Crippen molar-refractivity contribution in [2.24, 2.45) is 12.2 Å². The first-order chi connectivity index (χ1) is 7.41. The molecule has 0 amide bonds. The average molecular weight is 241 g/mol. The molecule has 5 nitrogen and oxygen atoms in total. The first-order valence-corrected chi connectivity index (χ1v) is 5.46. The van der Waals surface area contributed by atoms with E-state index < -0.39 is 0 Å². The van der Waals surface area contributed by atoms with Gasteiger partial charge in [0.2, 0.25) is 0 Å². The molecule has 2 rings (SSSR count). The van der Waals surface area contributed by atoms with Gasteiger partial charge >= 0.3 is 0 Å². The summed E-state index contributed by atoms with van der Waals surface area (Å²) in [6, 6.07) is 0.